The molecule has 0 atom stereocenters. The molecule has 2 nitrogen and oxygen atoms in total. The molecule has 0 unspecified atom stereocenters. The zero-order valence-corrected chi connectivity index (χ0v) is 29.5. The number of furan rings is 1. The average molecular weight is 694 g/mol. The lowest BCUT2D eigenvalue weighted by atomic mass is 9.93. The minimum Gasteiger partial charge on any atom is -0.454 e. The number of hydrogen-bond donors (Lipinski definition) is 0. The first-order valence-corrected chi connectivity index (χ1v) is 18.8. The number of benzene rings is 9. The van der Waals surface area contributed by atoms with Crippen molar-refractivity contribution < 1.29 is 4.42 Å². The van der Waals surface area contributed by atoms with Crippen LogP contribution in [0.2, 0.25) is 0 Å². The second-order valence-electron chi connectivity index (χ2n) is 13.7. The zero-order chi connectivity index (χ0) is 34.9. The van der Waals surface area contributed by atoms with Crippen LogP contribution in [0.4, 0.5) is 17.1 Å². The van der Waals surface area contributed by atoms with E-state index in [1.54, 1.807) is 0 Å². The Kier molecular flexibility index (Phi) is 6.76. The Bertz CT molecular complexity index is 3190. The molecule has 0 radical (unpaired) electrons. The maximum absolute atomic E-state index is 6.70. The van der Waals surface area contributed by atoms with Gasteiger partial charge in [-0.2, -0.15) is 0 Å². The standard InChI is InChI=1S/C50H31NOS/c1-2-11-32(12-3-1)44-31-37(26-28-39(44)35-24-27-42-41-16-7-9-20-48(41)53-49(42)29-35)51(46-18-10-17-43-40-15-6-8-19-47(40)52-50(43)46)36-25-23-34-22-21-33-13-4-5-14-38(33)45(34)30-36/h1-31H. The lowest BCUT2D eigenvalue weighted by Gasteiger charge is -2.27. The molecule has 0 spiro atoms. The summed E-state index contributed by atoms with van der Waals surface area (Å²) in [5.41, 5.74) is 9.63. The second kappa shape index (κ2) is 11.9. The van der Waals surface area contributed by atoms with Gasteiger partial charge in [-0.15, -0.1) is 11.3 Å². The first-order chi connectivity index (χ1) is 26.3. The molecule has 0 fully saturated rings. The zero-order valence-electron chi connectivity index (χ0n) is 28.7. The highest BCUT2D eigenvalue weighted by Gasteiger charge is 2.22. The molecule has 2 aromatic heterocycles. The summed E-state index contributed by atoms with van der Waals surface area (Å²) in [6.07, 6.45) is 0. The lowest BCUT2D eigenvalue weighted by Crippen LogP contribution is -2.10. The van der Waals surface area contributed by atoms with Crippen molar-refractivity contribution in [1.82, 2.24) is 0 Å². The minimum absolute atomic E-state index is 0.868. The van der Waals surface area contributed by atoms with Crippen molar-refractivity contribution in [1.29, 1.82) is 0 Å². The smallest absolute Gasteiger partial charge is 0.159 e. The molecule has 2 heterocycles. The van der Waals surface area contributed by atoms with Crippen molar-refractivity contribution in [3.8, 4) is 22.3 Å². The van der Waals surface area contributed by atoms with E-state index >= 15 is 0 Å². The summed E-state index contributed by atoms with van der Waals surface area (Å²) in [6, 6.07) is 68.1. The molecule has 0 saturated heterocycles. The van der Waals surface area contributed by atoms with Gasteiger partial charge < -0.3 is 9.32 Å². The molecule has 0 bridgehead atoms. The molecule has 3 heteroatoms. The van der Waals surface area contributed by atoms with Gasteiger partial charge in [0.05, 0.1) is 5.69 Å². The van der Waals surface area contributed by atoms with E-state index in [0.717, 1.165) is 39.0 Å². The van der Waals surface area contributed by atoms with Crippen molar-refractivity contribution in [2.75, 3.05) is 4.90 Å². The van der Waals surface area contributed by atoms with Crippen molar-refractivity contribution in [3.05, 3.63) is 188 Å². The summed E-state index contributed by atoms with van der Waals surface area (Å²) >= 11 is 1.86. The van der Waals surface area contributed by atoms with Gasteiger partial charge in [0.2, 0.25) is 0 Å². The van der Waals surface area contributed by atoms with Crippen LogP contribution >= 0.6 is 11.3 Å². The Morgan fingerprint density at radius 2 is 1.06 bits per heavy atom. The Balaban J connectivity index is 1.17. The van der Waals surface area contributed by atoms with E-state index in [1.165, 1.54) is 64.0 Å². The largest absolute Gasteiger partial charge is 0.454 e. The Morgan fingerprint density at radius 3 is 1.96 bits per heavy atom. The second-order valence-corrected chi connectivity index (χ2v) is 14.8. The number of rotatable bonds is 5. The van der Waals surface area contributed by atoms with Crippen LogP contribution in [0.3, 0.4) is 0 Å². The number of fused-ring (bicyclic) bond motifs is 9. The molecule has 0 N–H and O–H groups in total. The molecule has 0 aliphatic heterocycles. The van der Waals surface area contributed by atoms with Gasteiger partial charge in [0.1, 0.15) is 5.58 Å². The Labute approximate surface area is 310 Å². The van der Waals surface area contributed by atoms with E-state index in [1.807, 2.05) is 17.4 Å². The highest BCUT2D eigenvalue weighted by molar-refractivity contribution is 7.25. The fourth-order valence-electron chi connectivity index (χ4n) is 8.14. The average Bonchev–Trinajstić information content (AvgIpc) is 3.80. The number of nitrogens with zero attached hydrogens (tertiary/aromatic N) is 1. The third kappa shape index (κ3) is 4.86. The first kappa shape index (κ1) is 30.0. The number of thiophene rings is 1. The molecular weight excluding hydrogens is 663 g/mol. The third-order valence-corrected chi connectivity index (χ3v) is 11.8. The van der Waals surface area contributed by atoms with Crippen LogP contribution in [-0.4, -0.2) is 0 Å². The van der Waals surface area contributed by atoms with Gasteiger partial charge in [-0.05, 0) is 92.3 Å². The lowest BCUT2D eigenvalue weighted by molar-refractivity contribution is 0.669. The van der Waals surface area contributed by atoms with E-state index in [-0.39, 0.29) is 0 Å². The maximum Gasteiger partial charge on any atom is 0.159 e. The minimum atomic E-state index is 0.868. The van der Waals surface area contributed by atoms with Crippen LogP contribution in [0.5, 0.6) is 0 Å². The van der Waals surface area contributed by atoms with E-state index in [2.05, 4.69) is 187 Å². The summed E-state index contributed by atoms with van der Waals surface area (Å²) in [5.74, 6) is 0. The quantitative estimate of drug-likeness (QED) is 0.167. The summed E-state index contributed by atoms with van der Waals surface area (Å²) in [4.78, 5) is 2.37. The molecular formula is C50H31NOS. The van der Waals surface area contributed by atoms with E-state index < -0.39 is 0 Å². The van der Waals surface area contributed by atoms with Gasteiger partial charge in [0, 0.05) is 42.3 Å². The van der Waals surface area contributed by atoms with Crippen molar-refractivity contribution in [2.24, 2.45) is 0 Å². The molecule has 11 rings (SSSR count). The predicted octanol–water partition coefficient (Wildman–Crippen LogP) is 15.1. The van der Waals surface area contributed by atoms with Crippen molar-refractivity contribution in [2.45, 2.75) is 0 Å². The predicted molar refractivity (Wildman–Crippen MR) is 227 cm³/mol. The van der Waals surface area contributed by atoms with Crippen LogP contribution in [0.25, 0.3) is 85.9 Å². The van der Waals surface area contributed by atoms with E-state index in [4.69, 9.17) is 4.42 Å². The monoisotopic (exact) mass is 693 g/mol. The van der Waals surface area contributed by atoms with Crippen molar-refractivity contribution in [3.63, 3.8) is 0 Å². The first-order valence-electron chi connectivity index (χ1n) is 18.0. The summed E-state index contributed by atoms with van der Waals surface area (Å²) in [6.45, 7) is 0. The third-order valence-electron chi connectivity index (χ3n) is 10.6. The molecule has 0 saturated carbocycles. The van der Waals surface area contributed by atoms with Gasteiger partial charge in [-0.1, -0.05) is 140 Å². The van der Waals surface area contributed by atoms with Crippen molar-refractivity contribution >= 4 is 92.1 Å². The molecule has 248 valence electrons. The van der Waals surface area contributed by atoms with E-state index in [0.29, 0.717) is 0 Å². The van der Waals surface area contributed by atoms with Gasteiger partial charge >= 0.3 is 0 Å². The molecule has 53 heavy (non-hydrogen) atoms. The highest BCUT2D eigenvalue weighted by Crippen LogP contribution is 2.46. The van der Waals surface area contributed by atoms with Crippen LogP contribution in [0, 0.1) is 0 Å². The van der Waals surface area contributed by atoms with E-state index in [9.17, 15) is 0 Å². The summed E-state index contributed by atoms with van der Waals surface area (Å²) in [7, 11) is 0. The molecule has 0 amide bonds. The van der Waals surface area contributed by atoms with Crippen LogP contribution in [-0.2, 0) is 0 Å². The van der Waals surface area contributed by atoms with Gasteiger partial charge in [-0.25, -0.2) is 0 Å². The fraction of sp³-hybridized carbons (Fsp3) is 0. The molecule has 11 aromatic rings. The maximum atomic E-state index is 6.70. The van der Waals surface area contributed by atoms with Gasteiger partial charge in [0.25, 0.3) is 0 Å². The summed E-state index contributed by atoms with van der Waals surface area (Å²) < 4.78 is 9.31. The Hall–Kier alpha value is -6.68. The molecule has 0 aliphatic carbocycles. The summed E-state index contributed by atoms with van der Waals surface area (Å²) in [5, 5.41) is 9.75. The fourth-order valence-corrected chi connectivity index (χ4v) is 9.28. The van der Waals surface area contributed by atoms with Crippen LogP contribution < -0.4 is 4.90 Å². The Morgan fingerprint density at radius 1 is 0.377 bits per heavy atom. The van der Waals surface area contributed by atoms with Crippen LogP contribution in [0.15, 0.2) is 192 Å². The number of hydrogen-bond acceptors (Lipinski definition) is 3. The van der Waals surface area contributed by atoms with Crippen LogP contribution in [0.1, 0.15) is 0 Å². The van der Waals surface area contributed by atoms with Gasteiger partial charge in [-0.3, -0.25) is 0 Å². The van der Waals surface area contributed by atoms with Gasteiger partial charge in [0.15, 0.2) is 5.58 Å². The normalized spacial score (nSPS) is 11.8. The SMILES string of the molecule is c1ccc(-c2cc(N(c3ccc4ccc5ccccc5c4c3)c3cccc4c3oc3ccccc34)ccc2-c2ccc3c(c2)sc2ccccc23)cc1. The number of para-hydroxylation sites is 2. The topological polar surface area (TPSA) is 16.4 Å². The molecule has 0 aliphatic rings. The number of anilines is 3. The molecule has 9 aromatic carbocycles. The highest BCUT2D eigenvalue weighted by atomic mass is 32.1.